The first-order valence-electron chi connectivity index (χ1n) is 11.5. The summed E-state index contributed by atoms with van der Waals surface area (Å²) in [5.41, 5.74) is 6.34. The van der Waals surface area contributed by atoms with Crippen LogP contribution in [-0.4, -0.2) is 30.1 Å². The van der Waals surface area contributed by atoms with Gasteiger partial charge in [0.25, 0.3) is 11.8 Å². The molecule has 0 aliphatic heterocycles. The van der Waals surface area contributed by atoms with Crippen molar-refractivity contribution in [3.8, 4) is 11.1 Å². The Balaban J connectivity index is 1.53. The summed E-state index contributed by atoms with van der Waals surface area (Å²) in [6.45, 7) is 4.01. The highest BCUT2D eigenvalue weighted by Crippen LogP contribution is 2.26. The van der Waals surface area contributed by atoms with E-state index < -0.39 is 0 Å². The molecule has 5 nitrogen and oxygen atoms in total. The van der Waals surface area contributed by atoms with Gasteiger partial charge in [0.15, 0.2) is 0 Å². The first-order valence-corrected chi connectivity index (χ1v) is 11.5. The van der Waals surface area contributed by atoms with Crippen LogP contribution in [0.2, 0.25) is 0 Å². The number of para-hydroxylation sites is 1. The number of aliphatic hydroxyl groups is 1. The lowest BCUT2D eigenvalue weighted by atomic mass is 9.98. The molecule has 0 aliphatic carbocycles. The molecule has 0 aromatic heterocycles. The molecule has 0 aliphatic rings. The molecule has 0 unspecified atom stereocenters. The van der Waals surface area contributed by atoms with E-state index in [0.29, 0.717) is 16.8 Å². The molecule has 0 saturated carbocycles. The number of rotatable bonds is 7. The zero-order valence-electron chi connectivity index (χ0n) is 19.9. The number of carbonyl (C=O) groups excluding carboxylic acids is 2. The van der Waals surface area contributed by atoms with E-state index >= 15 is 0 Å². The maximum atomic E-state index is 13.2. The Morgan fingerprint density at radius 3 is 2.14 bits per heavy atom. The van der Waals surface area contributed by atoms with Gasteiger partial charge in [0, 0.05) is 29.0 Å². The lowest BCUT2D eigenvalue weighted by molar-refractivity contribution is 0.0980. The molecule has 35 heavy (non-hydrogen) atoms. The van der Waals surface area contributed by atoms with Gasteiger partial charge in [0.05, 0.1) is 6.61 Å². The van der Waals surface area contributed by atoms with Gasteiger partial charge in [0.2, 0.25) is 0 Å². The summed E-state index contributed by atoms with van der Waals surface area (Å²) in [5.74, 6) is -0.432. The van der Waals surface area contributed by atoms with Crippen LogP contribution in [0.15, 0.2) is 97.1 Å². The SMILES string of the molecule is Cc1ccc(-c2ccccc2C(=O)Nc2ccc(C(=O)N(CCO)c3ccccc3C)cc2)cc1. The minimum absolute atomic E-state index is 0.144. The quantitative estimate of drug-likeness (QED) is 0.360. The van der Waals surface area contributed by atoms with Gasteiger partial charge in [-0.3, -0.25) is 9.59 Å². The average Bonchev–Trinajstić information content (AvgIpc) is 2.88. The molecule has 2 amide bonds. The van der Waals surface area contributed by atoms with Crippen LogP contribution in [-0.2, 0) is 0 Å². The lowest BCUT2D eigenvalue weighted by Gasteiger charge is -2.24. The number of aryl methyl sites for hydroxylation is 2. The van der Waals surface area contributed by atoms with Gasteiger partial charge in [-0.25, -0.2) is 0 Å². The highest BCUT2D eigenvalue weighted by atomic mass is 16.3. The molecular weight excluding hydrogens is 436 g/mol. The number of hydrogen-bond donors (Lipinski definition) is 2. The van der Waals surface area contributed by atoms with E-state index in [-0.39, 0.29) is 25.0 Å². The number of anilines is 2. The Morgan fingerprint density at radius 1 is 0.800 bits per heavy atom. The van der Waals surface area contributed by atoms with Gasteiger partial charge >= 0.3 is 0 Å². The molecule has 176 valence electrons. The van der Waals surface area contributed by atoms with E-state index in [4.69, 9.17) is 0 Å². The third-order valence-electron chi connectivity index (χ3n) is 5.90. The van der Waals surface area contributed by atoms with Gasteiger partial charge in [-0.05, 0) is 66.9 Å². The summed E-state index contributed by atoms with van der Waals surface area (Å²) >= 11 is 0. The Kier molecular flexibility index (Phi) is 7.38. The summed E-state index contributed by atoms with van der Waals surface area (Å²) in [6, 6.07) is 29.9. The molecule has 5 heteroatoms. The Bertz CT molecular complexity index is 1330. The van der Waals surface area contributed by atoms with Crippen molar-refractivity contribution in [2.24, 2.45) is 0 Å². The van der Waals surface area contributed by atoms with Gasteiger partial charge in [0.1, 0.15) is 0 Å². The number of hydrogen-bond acceptors (Lipinski definition) is 3. The predicted octanol–water partition coefficient (Wildman–Crippen LogP) is 5.86. The molecular formula is C30H28N2O3. The van der Waals surface area contributed by atoms with Gasteiger partial charge in [-0.1, -0.05) is 66.2 Å². The Labute approximate surface area is 205 Å². The molecule has 0 fully saturated rings. The zero-order valence-corrected chi connectivity index (χ0v) is 19.9. The van der Waals surface area contributed by atoms with Crippen LogP contribution in [0.3, 0.4) is 0 Å². The molecule has 0 saturated heterocycles. The smallest absolute Gasteiger partial charge is 0.258 e. The van der Waals surface area contributed by atoms with E-state index in [1.807, 2.05) is 80.6 Å². The fraction of sp³-hybridized carbons (Fsp3) is 0.133. The van der Waals surface area contributed by atoms with Crippen LogP contribution in [0.25, 0.3) is 11.1 Å². The standard InChI is InChI=1S/C30H28N2O3/c1-21-11-13-23(14-12-21)26-8-4-5-9-27(26)29(34)31-25-17-15-24(16-18-25)30(35)32(19-20-33)28-10-6-3-7-22(28)2/h3-18,33H,19-20H2,1-2H3,(H,31,34). The summed E-state index contributed by atoms with van der Waals surface area (Å²) in [7, 11) is 0. The largest absolute Gasteiger partial charge is 0.395 e. The van der Waals surface area contributed by atoms with Gasteiger partial charge in [-0.15, -0.1) is 0 Å². The van der Waals surface area contributed by atoms with Crippen molar-refractivity contribution in [1.82, 2.24) is 0 Å². The Morgan fingerprint density at radius 2 is 1.46 bits per heavy atom. The molecule has 4 aromatic rings. The zero-order chi connectivity index (χ0) is 24.8. The van der Waals surface area contributed by atoms with E-state index in [1.165, 1.54) is 0 Å². The summed E-state index contributed by atoms with van der Waals surface area (Å²) in [5, 5.41) is 12.5. The van der Waals surface area contributed by atoms with E-state index in [2.05, 4.69) is 5.32 Å². The second-order valence-corrected chi connectivity index (χ2v) is 8.41. The predicted molar refractivity (Wildman–Crippen MR) is 141 cm³/mol. The third kappa shape index (κ3) is 5.48. The van der Waals surface area contributed by atoms with Crippen molar-refractivity contribution in [2.45, 2.75) is 13.8 Å². The monoisotopic (exact) mass is 464 g/mol. The number of nitrogens with zero attached hydrogens (tertiary/aromatic N) is 1. The van der Waals surface area contributed by atoms with Crippen molar-refractivity contribution in [3.05, 3.63) is 119 Å². The van der Waals surface area contributed by atoms with Crippen LogP contribution in [0.1, 0.15) is 31.8 Å². The summed E-state index contributed by atoms with van der Waals surface area (Å²) in [4.78, 5) is 27.9. The van der Waals surface area contributed by atoms with Crippen LogP contribution < -0.4 is 10.2 Å². The van der Waals surface area contributed by atoms with Crippen LogP contribution >= 0.6 is 0 Å². The van der Waals surface area contributed by atoms with E-state index in [1.54, 1.807) is 35.2 Å². The highest BCUT2D eigenvalue weighted by Gasteiger charge is 2.19. The number of amides is 2. The van der Waals surface area contributed by atoms with E-state index in [0.717, 1.165) is 27.9 Å². The average molecular weight is 465 g/mol. The number of benzene rings is 4. The van der Waals surface area contributed by atoms with Crippen LogP contribution in [0, 0.1) is 13.8 Å². The number of nitrogens with one attached hydrogen (secondary N) is 1. The first-order chi connectivity index (χ1) is 17.0. The minimum atomic E-state index is -0.220. The van der Waals surface area contributed by atoms with Crippen molar-refractivity contribution in [2.75, 3.05) is 23.4 Å². The Hall–Kier alpha value is -4.22. The first kappa shape index (κ1) is 23.9. The molecule has 2 N–H and O–H groups in total. The molecule has 0 atom stereocenters. The highest BCUT2D eigenvalue weighted by molar-refractivity contribution is 6.09. The summed E-state index contributed by atoms with van der Waals surface area (Å²) in [6.07, 6.45) is 0. The van der Waals surface area contributed by atoms with Crippen molar-refractivity contribution in [3.63, 3.8) is 0 Å². The molecule has 4 rings (SSSR count). The third-order valence-corrected chi connectivity index (χ3v) is 5.90. The van der Waals surface area contributed by atoms with Crippen molar-refractivity contribution >= 4 is 23.2 Å². The van der Waals surface area contributed by atoms with Crippen LogP contribution in [0.4, 0.5) is 11.4 Å². The van der Waals surface area contributed by atoms with Crippen LogP contribution in [0.5, 0.6) is 0 Å². The maximum absolute atomic E-state index is 13.2. The van der Waals surface area contributed by atoms with Crippen molar-refractivity contribution < 1.29 is 14.7 Å². The lowest BCUT2D eigenvalue weighted by Crippen LogP contribution is -2.34. The molecule has 0 heterocycles. The molecule has 0 bridgehead atoms. The summed E-state index contributed by atoms with van der Waals surface area (Å²) < 4.78 is 0. The fourth-order valence-electron chi connectivity index (χ4n) is 4.01. The minimum Gasteiger partial charge on any atom is -0.395 e. The number of aliphatic hydroxyl groups excluding tert-OH is 1. The second kappa shape index (κ2) is 10.8. The molecule has 0 spiro atoms. The van der Waals surface area contributed by atoms with Gasteiger partial charge in [-0.2, -0.15) is 0 Å². The fourth-order valence-corrected chi connectivity index (χ4v) is 4.01. The molecule has 4 aromatic carbocycles. The van der Waals surface area contributed by atoms with E-state index in [9.17, 15) is 14.7 Å². The van der Waals surface area contributed by atoms with Gasteiger partial charge < -0.3 is 15.3 Å². The number of carbonyl (C=O) groups is 2. The maximum Gasteiger partial charge on any atom is 0.258 e. The van der Waals surface area contributed by atoms with Crippen molar-refractivity contribution in [1.29, 1.82) is 0 Å². The topological polar surface area (TPSA) is 69.6 Å². The molecule has 0 radical (unpaired) electrons. The normalized spacial score (nSPS) is 10.6. The second-order valence-electron chi connectivity index (χ2n) is 8.41.